The molecular formula is C14H14N6. The van der Waals surface area contributed by atoms with Crippen molar-refractivity contribution in [3.63, 3.8) is 0 Å². The van der Waals surface area contributed by atoms with Crippen molar-refractivity contribution in [2.24, 2.45) is 0 Å². The minimum absolute atomic E-state index is 0.634. The molecule has 6 nitrogen and oxygen atoms in total. The van der Waals surface area contributed by atoms with Gasteiger partial charge in [-0.3, -0.25) is 0 Å². The lowest BCUT2D eigenvalue weighted by molar-refractivity contribution is 0.803. The molecule has 0 aliphatic carbocycles. The lowest BCUT2D eigenvalue weighted by atomic mass is 10.2. The van der Waals surface area contributed by atoms with E-state index in [1.807, 2.05) is 43.5 Å². The highest BCUT2D eigenvalue weighted by atomic mass is 15.4. The first-order valence-electron chi connectivity index (χ1n) is 6.31. The van der Waals surface area contributed by atoms with Gasteiger partial charge in [-0.15, -0.1) is 5.10 Å². The van der Waals surface area contributed by atoms with E-state index in [1.54, 1.807) is 17.1 Å². The Morgan fingerprint density at radius 2 is 2.05 bits per heavy atom. The summed E-state index contributed by atoms with van der Waals surface area (Å²) in [6.07, 6.45) is 5.24. The molecule has 20 heavy (non-hydrogen) atoms. The summed E-state index contributed by atoms with van der Waals surface area (Å²) in [5, 5.41) is 11.2. The van der Waals surface area contributed by atoms with Crippen LogP contribution in [0.4, 0.5) is 5.69 Å². The van der Waals surface area contributed by atoms with Gasteiger partial charge in [0.15, 0.2) is 0 Å². The second-order valence-electron chi connectivity index (χ2n) is 4.31. The summed E-state index contributed by atoms with van der Waals surface area (Å²) in [5.41, 5.74) is 2.89. The SMILES string of the molecule is Cc1nccc(CNc2ccccc2-n2ccnn2)n1. The standard InChI is InChI=1S/C14H14N6/c1-11-15-7-6-12(18-11)10-16-13-4-2-3-5-14(13)20-9-8-17-19-20/h2-9,16H,10H2,1H3. The maximum absolute atomic E-state index is 4.37. The van der Waals surface area contributed by atoms with Crippen LogP contribution >= 0.6 is 0 Å². The average Bonchev–Trinajstić information content (AvgIpc) is 3.00. The monoisotopic (exact) mass is 266 g/mol. The summed E-state index contributed by atoms with van der Waals surface area (Å²) in [6, 6.07) is 9.84. The van der Waals surface area contributed by atoms with Gasteiger partial charge in [0.25, 0.3) is 0 Å². The summed E-state index contributed by atoms with van der Waals surface area (Å²) in [7, 11) is 0. The van der Waals surface area contributed by atoms with Crippen LogP contribution in [0.25, 0.3) is 5.69 Å². The molecule has 0 fully saturated rings. The van der Waals surface area contributed by atoms with Gasteiger partial charge in [-0.1, -0.05) is 17.3 Å². The summed E-state index contributed by atoms with van der Waals surface area (Å²) in [6.45, 7) is 2.52. The van der Waals surface area contributed by atoms with Crippen LogP contribution < -0.4 is 5.32 Å². The number of aromatic nitrogens is 5. The van der Waals surface area contributed by atoms with E-state index in [0.717, 1.165) is 22.9 Å². The normalized spacial score (nSPS) is 10.4. The van der Waals surface area contributed by atoms with Gasteiger partial charge < -0.3 is 5.32 Å². The number of benzene rings is 1. The Morgan fingerprint density at radius 1 is 1.15 bits per heavy atom. The molecule has 100 valence electrons. The highest BCUT2D eigenvalue weighted by Crippen LogP contribution is 2.19. The third-order valence-electron chi connectivity index (χ3n) is 2.87. The molecule has 3 rings (SSSR count). The number of anilines is 1. The molecule has 1 N–H and O–H groups in total. The number of hydrogen-bond acceptors (Lipinski definition) is 5. The van der Waals surface area contributed by atoms with Gasteiger partial charge in [0, 0.05) is 6.20 Å². The van der Waals surface area contributed by atoms with Gasteiger partial charge in [-0.05, 0) is 25.1 Å². The van der Waals surface area contributed by atoms with Gasteiger partial charge in [-0.2, -0.15) is 0 Å². The largest absolute Gasteiger partial charge is 0.378 e. The van der Waals surface area contributed by atoms with Crippen molar-refractivity contribution in [3.05, 3.63) is 60.4 Å². The van der Waals surface area contributed by atoms with Crippen LogP contribution in [0.2, 0.25) is 0 Å². The molecule has 0 aliphatic heterocycles. The zero-order valence-corrected chi connectivity index (χ0v) is 11.1. The van der Waals surface area contributed by atoms with E-state index >= 15 is 0 Å². The van der Waals surface area contributed by atoms with Crippen LogP contribution in [0.3, 0.4) is 0 Å². The molecule has 1 aromatic carbocycles. The first-order valence-corrected chi connectivity index (χ1v) is 6.31. The average molecular weight is 266 g/mol. The lowest BCUT2D eigenvalue weighted by Gasteiger charge is -2.11. The molecular weight excluding hydrogens is 252 g/mol. The van der Waals surface area contributed by atoms with E-state index in [1.165, 1.54) is 0 Å². The molecule has 0 saturated heterocycles. The molecule has 0 unspecified atom stereocenters. The zero-order valence-electron chi connectivity index (χ0n) is 11.1. The van der Waals surface area contributed by atoms with Gasteiger partial charge in [0.05, 0.1) is 36.0 Å². The topological polar surface area (TPSA) is 68.5 Å². The van der Waals surface area contributed by atoms with Crippen molar-refractivity contribution >= 4 is 5.69 Å². The van der Waals surface area contributed by atoms with E-state index in [2.05, 4.69) is 25.6 Å². The summed E-state index contributed by atoms with van der Waals surface area (Å²) < 4.78 is 1.73. The Labute approximate surface area is 116 Å². The molecule has 0 atom stereocenters. The van der Waals surface area contributed by atoms with Gasteiger partial charge in [-0.25, -0.2) is 14.6 Å². The van der Waals surface area contributed by atoms with E-state index in [9.17, 15) is 0 Å². The van der Waals surface area contributed by atoms with Crippen LogP contribution in [-0.2, 0) is 6.54 Å². The van der Waals surface area contributed by atoms with Crippen molar-refractivity contribution in [2.75, 3.05) is 5.32 Å². The van der Waals surface area contributed by atoms with Crippen LogP contribution in [0.1, 0.15) is 11.5 Å². The number of nitrogens with one attached hydrogen (secondary N) is 1. The molecule has 0 aliphatic rings. The maximum atomic E-state index is 4.37. The van der Waals surface area contributed by atoms with Crippen molar-refractivity contribution in [2.45, 2.75) is 13.5 Å². The summed E-state index contributed by atoms with van der Waals surface area (Å²) in [4.78, 5) is 8.46. The zero-order chi connectivity index (χ0) is 13.8. The lowest BCUT2D eigenvalue weighted by Crippen LogP contribution is -2.06. The predicted molar refractivity (Wildman–Crippen MR) is 75.5 cm³/mol. The van der Waals surface area contributed by atoms with Crippen LogP contribution in [0, 0.1) is 6.92 Å². The first-order chi connectivity index (χ1) is 9.83. The minimum atomic E-state index is 0.634. The second kappa shape index (κ2) is 5.48. The number of rotatable bonds is 4. The molecule has 0 bridgehead atoms. The number of hydrogen-bond donors (Lipinski definition) is 1. The van der Waals surface area contributed by atoms with Crippen molar-refractivity contribution < 1.29 is 0 Å². The van der Waals surface area contributed by atoms with Gasteiger partial charge in [0.1, 0.15) is 5.82 Å². The molecule has 2 aromatic heterocycles. The molecule has 0 amide bonds. The number of para-hydroxylation sites is 2. The molecule has 0 saturated carbocycles. The number of nitrogens with zero attached hydrogens (tertiary/aromatic N) is 5. The fourth-order valence-corrected chi connectivity index (χ4v) is 1.95. The quantitative estimate of drug-likeness (QED) is 0.782. The van der Waals surface area contributed by atoms with Crippen molar-refractivity contribution in [3.8, 4) is 5.69 Å². The fourth-order valence-electron chi connectivity index (χ4n) is 1.95. The van der Waals surface area contributed by atoms with Crippen molar-refractivity contribution in [1.82, 2.24) is 25.0 Å². The minimum Gasteiger partial charge on any atom is -0.378 e. The third kappa shape index (κ3) is 2.64. The molecule has 0 radical (unpaired) electrons. The summed E-state index contributed by atoms with van der Waals surface area (Å²) in [5.74, 6) is 0.772. The Hall–Kier alpha value is -2.76. The Kier molecular flexibility index (Phi) is 3.36. The van der Waals surface area contributed by atoms with Crippen LogP contribution in [-0.4, -0.2) is 25.0 Å². The Bertz CT molecular complexity index is 692. The highest BCUT2D eigenvalue weighted by molar-refractivity contribution is 5.60. The van der Waals surface area contributed by atoms with Crippen molar-refractivity contribution in [1.29, 1.82) is 0 Å². The maximum Gasteiger partial charge on any atom is 0.125 e. The number of aryl methyl sites for hydroxylation is 1. The van der Waals surface area contributed by atoms with Crippen LogP contribution in [0.5, 0.6) is 0 Å². The Balaban J connectivity index is 1.81. The summed E-state index contributed by atoms with van der Waals surface area (Å²) >= 11 is 0. The Morgan fingerprint density at radius 3 is 2.85 bits per heavy atom. The van der Waals surface area contributed by atoms with E-state index in [0.29, 0.717) is 6.54 Å². The highest BCUT2D eigenvalue weighted by Gasteiger charge is 2.04. The smallest absolute Gasteiger partial charge is 0.125 e. The third-order valence-corrected chi connectivity index (χ3v) is 2.87. The van der Waals surface area contributed by atoms with Gasteiger partial charge >= 0.3 is 0 Å². The second-order valence-corrected chi connectivity index (χ2v) is 4.31. The first kappa shape index (κ1) is 12.3. The molecule has 3 aromatic rings. The van der Waals surface area contributed by atoms with Gasteiger partial charge in [0.2, 0.25) is 0 Å². The van der Waals surface area contributed by atoms with E-state index in [-0.39, 0.29) is 0 Å². The van der Waals surface area contributed by atoms with E-state index in [4.69, 9.17) is 0 Å². The van der Waals surface area contributed by atoms with Crippen LogP contribution in [0.15, 0.2) is 48.9 Å². The van der Waals surface area contributed by atoms with E-state index < -0.39 is 0 Å². The molecule has 0 spiro atoms. The fraction of sp³-hybridized carbons (Fsp3) is 0.143. The molecule has 6 heteroatoms. The predicted octanol–water partition coefficient (Wildman–Crippen LogP) is 1.98. The molecule has 2 heterocycles.